The van der Waals surface area contributed by atoms with Gasteiger partial charge in [0.1, 0.15) is 17.3 Å². The Balaban J connectivity index is 1.46. The van der Waals surface area contributed by atoms with E-state index in [1.54, 1.807) is 16.9 Å². The number of hydrogen-bond acceptors (Lipinski definition) is 7. The summed E-state index contributed by atoms with van der Waals surface area (Å²) in [6.07, 6.45) is 6.93. The molecule has 8 nitrogen and oxygen atoms in total. The molecular weight excluding hydrogens is 510 g/mol. The maximum absolute atomic E-state index is 15.6. The van der Waals surface area contributed by atoms with Gasteiger partial charge in [-0.1, -0.05) is 48.5 Å². The number of anilines is 2. The van der Waals surface area contributed by atoms with Crippen molar-refractivity contribution >= 4 is 22.3 Å². The fraction of sp³-hybridized carbons (Fsp3) is 0.233. The zero-order chi connectivity index (χ0) is 28.6. The highest BCUT2D eigenvalue weighted by atomic mass is 19.1. The lowest BCUT2D eigenvalue weighted by Gasteiger charge is -2.22. The Morgan fingerprint density at radius 3 is 2.60 bits per heavy atom. The van der Waals surface area contributed by atoms with E-state index in [2.05, 4.69) is 37.0 Å². The van der Waals surface area contributed by atoms with Crippen LogP contribution in [0, 0.1) is 23.1 Å². The summed E-state index contributed by atoms with van der Waals surface area (Å²) >= 11 is 0. The van der Waals surface area contributed by atoms with E-state index in [1.807, 2.05) is 37.3 Å². The molecule has 3 heterocycles. The monoisotopic (exact) mass is 537 g/mol. The molecule has 2 aromatic carbocycles. The highest BCUT2D eigenvalue weighted by Gasteiger charge is 2.27. The van der Waals surface area contributed by atoms with E-state index in [4.69, 9.17) is 0 Å². The van der Waals surface area contributed by atoms with Gasteiger partial charge in [0.05, 0.1) is 36.9 Å². The smallest absolute Gasteiger partial charge is 0.212 e. The summed E-state index contributed by atoms with van der Waals surface area (Å²) in [5.74, 6) is -1.32. The quantitative estimate of drug-likeness (QED) is 0.208. The molecule has 3 aromatic heterocycles. The predicted molar refractivity (Wildman–Crippen MR) is 147 cm³/mol. The number of pyridine rings is 2. The van der Waals surface area contributed by atoms with Gasteiger partial charge in [-0.25, -0.2) is 14.1 Å². The number of hydrogen-bond donors (Lipinski definition) is 2. The normalized spacial score (nSPS) is 15.6. The van der Waals surface area contributed by atoms with Gasteiger partial charge in [-0.3, -0.25) is 4.98 Å². The van der Waals surface area contributed by atoms with Crippen LogP contribution < -0.4 is 10.6 Å². The number of nitrogens with one attached hydrogen (secondary N) is 2. The summed E-state index contributed by atoms with van der Waals surface area (Å²) in [4.78, 5) is 7.95. The molecule has 0 spiro atoms. The first kappa shape index (κ1) is 24.2. The lowest BCUT2D eigenvalue weighted by atomic mass is 10.0. The van der Waals surface area contributed by atoms with Crippen LogP contribution in [0.3, 0.4) is 0 Å². The van der Waals surface area contributed by atoms with Gasteiger partial charge in [0.2, 0.25) is 5.95 Å². The lowest BCUT2D eigenvalue weighted by Crippen LogP contribution is -2.14. The van der Waals surface area contributed by atoms with Crippen LogP contribution in [0.4, 0.5) is 20.2 Å². The molecule has 200 valence electrons. The summed E-state index contributed by atoms with van der Waals surface area (Å²) in [5, 5.41) is 25.2. The van der Waals surface area contributed by atoms with E-state index in [9.17, 15) is 11.0 Å². The van der Waals surface area contributed by atoms with Crippen LogP contribution in [-0.2, 0) is 0 Å². The predicted octanol–water partition coefficient (Wildman–Crippen LogP) is 6.47. The van der Waals surface area contributed by atoms with Crippen LogP contribution >= 0.6 is 0 Å². The summed E-state index contributed by atoms with van der Waals surface area (Å²) in [7, 11) is 0. The van der Waals surface area contributed by atoms with Crippen LogP contribution in [0.5, 0.6) is 0 Å². The first-order valence-electron chi connectivity index (χ1n) is 13.6. The second-order valence-corrected chi connectivity index (χ2v) is 9.71. The molecule has 0 radical (unpaired) electrons. The second kappa shape index (κ2) is 10.7. The van der Waals surface area contributed by atoms with Gasteiger partial charge in [0.15, 0.2) is 5.82 Å². The third kappa shape index (κ3) is 5.06. The average Bonchev–Trinajstić information content (AvgIpc) is 3.72. The van der Waals surface area contributed by atoms with Gasteiger partial charge < -0.3 is 10.6 Å². The van der Waals surface area contributed by atoms with Crippen molar-refractivity contribution in [1.82, 2.24) is 25.0 Å². The first-order valence-corrected chi connectivity index (χ1v) is 13.1. The van der Waals surface area contributed by atoms with Gasteiger partial charge in [-0.05, 0) is 48.6 Å². The Morgan fingerprint density at radius 2 is 1.90 bits per heavy atom. The number of nitriles is 1. The summed E-state index contributed by atoms with van der Waals surface area (Å²) in [5.41, 5.74) is 2.58. The van der Waals surface area contributed by atoms with Gasteiger partial charge >= 0.3 is 0 Å². The minimum Gasteiger partial charge on any atom is -0.377 e. The highest BCUT2D eigenvalue weighted by Crippen LogP contribution is 2.37. The number of halogens is 2. The molecule has 1 saturated carbocycles. The zero-order valence-corrected chi connectivity index (χ0v) is 21.6. The standard InChI is InChI=1S/C30H26F2N8/c1-2-25(18-6-4-3-5-7-18)37-28-20(14-33)16-35-30-23(28)12-21(13-24(30)31)36-29(19-8-11-27(32)34-15-19)26-17-40(39-38-26)22-9-10-22/h3-8,11-13,15-17,22,25,29,36H,2,9-10H2,1H3,(H,35,37)/i29D. The number of nitrogens with zero attached hydrogens (tertiary/aromatic N) is 6. The van der Waals surface area contributed by atoms with Gasteiger partial charge in [-0.2, -0.15) is 9.65 Å². The molecule has 2 unspecified atom stereocenters. The van der Waals surface area contributed by atoms with Crippen molar-refractivity contribution < 1.29 is 10.2 Å². The molecule has 1 aliphatic carbocycles. The van der Waals surface area contributed by atoms with Gasteiger partial charge in [-0.15, -0.1) is 5.10 Å². The Labute approximate surface area is 231 Å². The van der Waals surface area contributed by atoms with Crippen molar-refractivity contribution in [2.24, 2.45) is 0 Å². The minimum absolute atomic E-state index is 0.0821. The number of fused-ring (bicyclic) bond motifs is 1. The molecule has 0 bridgehead atoms. The van der Waals surface area contributed by atoms with E-state index in [0.717, 1.165) is 24.5 Å². The number of aromatic nitrogens is 5. The van der Waals surface area contributed by atoms with Crippen LogP contribution in [-0.4, -0.2) is 25.0 Å². The van der Waals surface area contributed by atoms with Crippen molar-refractivity contribution in [3.05, 3.63) is 107 Å². The highest BCUT2D eigenvalue weighted by molar-refractivity contribution is 5.96. The SMILES string of the molecule is [2H]C(Nc1cc(F)c2ncc(C#N)c(NC(CC)c3ccccc3)c2c1)(c1ccc(F)nc1)c1cn(C2CC2)nn1. The van der Waals surface area contributed by atoms with Crippen molar-refractivity contribution in [3.8, 4) is 6.07 Å². The summed E-state index contributed by atoms with van der Waals surface area (Å²) in [6.45, 7) is 2.02. The molecule has 1 aliphatic rings. The Bertz CT molecular complexity index is 1750. The van der Waals surface area contributed by atoms with Crippen LogP contribution in [0.25, 0.3) is 10.9 Å². The van der Waals surface area contributed by atoms with Crippen molar-refractivity contribution in [1.29, 1.82) is 5.26 Å². The largest absolute Gasteiger partial charge is 0.377 e. The van der Waals surface area contributed by atoms with Crippen molar-refractivity contribution in [2.45, 2.75) is 44.3 Å². The van der Waals surface area contributed by atoms with E-state index < -0.39 is 17.8 Å². The lowest BCUT2D eigenvalue weighted by molar-refractivity contribution is 0.581. The topological polar surface area (TPSA) is 104 Å². The summed E-state index contributed by atoms with van der Waals surface area (Å²) < 4.78 is 40.5. The Kier molecular flexibility index (Phi) is 6.46. The molecule has 10 heteroatoms. The summed E-state index contributed by atoms with van der Waals surface area (Å²) in [6, 6.07) is 15.7. The molecule has 5 aromatic rings. The molecule has 0 saturated heterocycles. The van der Waals surface area contributed by atoms with E-state index in [-0.39, 0.29) is 34.5 Å². The van der Waals surface area contributed by atoms with E-state index in [1.165, 1.54) is 24.5 Å². The van der Waals surface area contributed by atoms with Crippen molar-refractivity contribution in [3.63, 3.8) is 0 Å². The van der Waals surface area contributed by atoms with Crippen molar-refractivity contribution in [2.75, 3.05) is 10.6 Å². The molecule has 40 heavy (non-hydrogen) atoms. The Morgan fingerprint density at radius 1 is 1.07 bits per heavy atom. The molecule has 1 fully saturated rings. The van der Waals surface area contributed by atoms with Crippen LogP contribution in [0.1, 0.15) is 68.0 Å². The third-order valence-electron chi connectivity index (χ3n) is 6.95. The molecule has 2 atom stereocenters. The number of rotatable bonds is 9. The Hall–Kier alpha value is -4.91. The molecule has 0 amide bonds. The molecule has 2 N–H and O–H groups in total. The average molecular weight is 538 g/mol. The fourth-order valence-electron chi connectivity index (χ4n) is 4.71. The maximum Gasteiger partial charge on any atom is 0.212 e. The number of benzene rings is 2. The fourth-order valence-corrected chi connectivity index (χ4v) is 4.71. The third-order valence-corrected chi connectivity index (χ3v) is 6.95. The van der Waals surface area contributed by atoms with E-state index in [0.29, 0.717) is 23.1 Å². The zero-order valence-electron chi connectivity index (χ0n) is 22.6. The minimum atomic E-state index is -1.78. The second-order valence-electron chi connectivity index (χ2n) is 9.71. The first-order chi connectivity index (χ1) is 19.9. The van der Waals surface area contributed by atoms with Gasteiger partial charge in [0, 0.05) is 23.5 Å². The molecular formula is C30H26F2N8. The van der Waals surface area contributed by atoms with E-state index >= 15 is 4.39 Å². The van der Waals surface area contributed by atoms with Crippen LogP contribution in [0.2, 0.25) is 0 Å². The van der Waals surface area contributed by atoms with Crippen LogP contribution in [0.15, 0.2) is 73.2 Å². The molecule has 0 aliphatic heterocycles. The maximum atomic E-state index is 15.6. The van der Waals surface area contributed by atoms with Gasteiger partial charge in [0.25, 0.3) is 0 Å². The molecule has 6 rings (SSSR count).